The summed E-state index contributed by atoms with van der Waals surface area (Å²) in [6.45, 7) is 5.81. The first-order chi connectivity index (χ1) is 31.1. The Balaban J connectivity index is 1.83. The number of esters is 5. The van der Waals surface area contributed by atoms with Crippen LogP contribution in [0.15, 0.2) is 24.3 Å². The minimum absolute atomic E-state index is 0.0524. The molecule has 2 aliphatic rings. The standard InChI is InChI=1S/C53H90O11/c1-4-7-10-12-14-16-23-38-60-48(55)26-19-21-28-50(57)62-41-53(40-54,42-63-51(58)29-22-20-27-49(56)61-39-24-17-15-13-11-8-5-2)43-64-52(59)47-36-34-46(35-37-47)45-32-30-44(31-33-45)25-18-9-6-3/h14-17,44-47,54H,4-13,18-43H2,1-3H3/b16-14-,17-15-. The van der Waals surface area contributed by atoms with Crippen LogP contribution in [0.1, 0.15) is 213 Å². The Labute approximate surface area is 387 Å². The number of allylic oxidation sites excluding steroid dienone is 2. The van der Waals surface area contributed by atoms with Gasteiger partial charge in [-0.25, -0.2) is 0 Å². The number of unbranched alkanes of at least 4 members (excludes halogenated alkanes) is 10. The zero-order valence-electron chi connectivity index (χ0n) is 40.6. The van der Waals surface area contributed by atoms with Gasteiger partial charge in [0.2, 0.25) is 0 Å². The molecule has 0 radical (unpaired) electrons. The molecular weight excluding hydrogens is 813 g/mol. The molecule has 0 aromatic carbocycles. The quantitative estimate of drug-likeness (QED) is 0.0274. The van der Waals surface area contributed by atoms with Crippen molar-refractivity contribution in [2.75, 3.05) is 39.6 Å². The van der Waals surface area contributed by atoms with E-state index in [4.69, 9.17) is 23.7 Å². The Bertz CT molecular complexity index is 1250. The van der Waals surface area contributed by atoms with Gasteiger partial charge >= 0.3 is 29.8 Å². The Morgan fingerprint density at radius 1 is 0.469 bits per heavy atom. The first kappa shape index (κ1) is 56.9. The van der Waals surface area contributed by atoms with Gasteiger partial charge in [-0.15, -0.1) is 0 Å². The molecule has 0 saturated heterocycles. The highest BCUT2D eigenvalue weighted by atomic mass is 16.6. The molecule has 2 saturated carbocycles. The molecule has 0 aliphatic heterocycles. The highest BCUT2D eigenvalue weighted by molar-refractivity contribution is 5.73. The van der Waals surface area contributed by atoms with Gasteiger partial charge in [0, 0.05) is 25.7 Å². The van der Waals surface area contributed by atoms with Gasteiger partial charge in [-0.1, -0.05) is 109 Å². The summed E-state index contributed by atoms with van der Waals surface area (Å²) in [4.78, 5) is 63.5. The lowest BCUT2D eigenvalue weighted by atomic mass is 9.68. The Kier molecular flexibility index (Phi) is 32.9. The Morgan fingerprint density at radius 2 is 0.859 bits per heavy atom. The van der Waals surface area contributed by atoms with E-state index in [1.165, 1.54) is 77.0 Å². The van der Waals surface area contributed by atoms with E-state index in [0.717, 1.165) is 63.2 Å². The third kappa shape index (κ3) is 27.3. The molecule has 1 N–H and O–H groups in total. The summed E-state index contributed by atoms with van der Waals surface area (Å²) in [5.74, 6) is 0.0204. The maximum Gasteiger partial charge on any atom is 0.308 e. The van der Waals surface area contributed by atoms with Crippen LogP contribution in [-0.2, 0) is 47.7 Å². The van der Waals surface area contributed by atoms with E-state index in [-0.39, 0.29) is 69.3 Å². The molecule has 11 nitrogen and oxygen atoms in total. The van der Waals surface area contributed by atoms with Crippen LogP contribution < -0.4 is 0 Å². The predicted molar refractivity (Wildman–Crippen MR) is 252 cm³/mol. The van der Waals surface area contributed by atoms with Crippen LogP contribution in [0.25, 0.3) is 0 Å². The van der Waals surface area contributed by atoms with Gasteiger partial charge in [-0.2, -0.15) is 0 Å². The average Bonchev–Trinajstić information content (AvgIpc) is 3.31. The predicted octanol–water partition coefficient (Wildman–Crippen LogP) is 12.0. The fourth-order valence-electron chi connectivity index (χ4n) is 8.87. The van der Waals surface area contributed by atoms with Gasteiger partial charge < -0.3 is 28.8 Å². The smallest absolute Gasteiger partial charge is 0.308 e. The number of carbonyl (C=O) groups excluding carboxylic acids is 5. The van der Waals surface area contributed by atoms with Gasteiger partial charge in [-0.3, -0.25) is 24.0 Å². The van der Waals surface area contributed by atoms with Crippen molar-refractivity contribution >= 4 is 29.8 Å². The molecule has 0 amide bonds. The van der Waals surface area contributed by atoms with Gasteiger partial charge in [0.15, 0.2) is 0 Å². The fourth-order valence-corrected chi connectivity index (χ4v) is 8.87. The summed E-state index contributed by atoms with van der Waals surface area (Å²) in [5, 5.41) is 10.7. The number of carbonyl (C=O) groups is 5. The molecule has 2 aliphatic carbocycles. The number of hydrogen-bond acceptors (Lipinski definition) is 11. The minimum atomic E-state index is -1.35. The normalized spacial score (nSPS) is 19.1. The number of rotatable bonds is 37. The number of ether oxygens (including phenoxy) is 5. The Hall–Kier alpha value is -3.21. The summed E-state index contributed by atoms with van der Waals surface area (Å²) in [6.07, 6.45) is 35.2. The van der Waals surface area contributed by atoms with E-state index in [0.29, 0.717) is 57.7 Å². The van der Waals surface area contributed by atoms with Crippen LogP contribution in [0.5, 0.6) is 0 Å². The van der Waals surface area contributed by atoms with E-state index >= 15 is 0 Å². The molecule has 64 heavy (non-hydrogen) atoms. The van der Waals surface area contributed by atoms with Crippen LogP contribution in [0, 0.1) is 29.1 Å². The van der Waals surface area contributed by atoms with Crippen LogP contribution in [-0.4, -0.2) is 74.6 Å². The van der Waals surface area contributed by atoms with Crippen molar-refractivity contribution in [3.8, 4) is 0 Å². The van der Waals surface area contributed by atoms with Crippen LogP contribution in [0.3, 0.4) is 0 Å². The van der Waals surface area contributed by atoms with E-state index in [1.807, 2.05) is 12.2 Å². The monoisotopic (exact) mass is 903 g/mol. The van der Waals surface area contributed by atoms with Crippen molar-refractivity contribution in [3.05, 3.63) is 24.3 Å². The zero-order chi connectivity index (χ0) is 46.5. The van der Waals surface area contributed by atoms with E-state index in [1.54, 1.807) is 0 Å². The molecule has 11 heteroatoms. The zero-order valence-corrected chi connectivity index (χ0v) is 40.6. The molecule has 0 aromatic rings. The second kappa shape index (κ2) is 36.9. The van der Waals surface area contributed by atoms with Crippen molar-refractivity contribution in [2.24, 2.45) is 29.1 Å². The molecular formula is C53H90O11. The molecule has 0 unspecified atom stereocenters. The van der Waals surface area contributed by atoms with Crippen molar-refractivity contribution in [1.29, 1.82) is 0 Å². The maximum absolute atomic E-state index is 13.4. The number of hydrogen-bond donors (Lipinski definition) is 1. The lowest BCUT2D eigenvalue weighted by Gasteiger charge is -2.37. The lowest BCUT2D eigenvalue weighted by Crippen LogP contribution is -2.43. The highest BCUT2D eigenvalue weighted by Crippen LogP contribution is 2.42. The van der Waals surface area contributed by atoms with Crippen molar-refractivity contribution in [3.63, 3.8) is 0 Å². The van der Waals surface area contributed by atoms with E-state index in [2.05, 4.69) is 32.9 Å². The van der Waals surface area contributed by atoms with Crippen LogP contribution in [0.2, 0.25) is 0 Å². The van der Waals surface area contributed by atoms with Crippen molar-refractivity contribution < 1.29 is 52.8 Å². The highest BCUT2D eigenvalue weighted by Gasteiger charge is 2.38. The molecule has 0 spiro atoms. The summed E-state index contributed by atoms with van der Waals surface area (Å²) < 4.78 is 27.6. The number of aliphatic hydroxyl groups excluding tert-OH is 1. The first-order valence-electron chi connectivity index (χ1n) is 25.8. The van der Waals surface area contributed by atoms with Crippen molar-refractivity contribution in [1.82, 2.24) is 0 Å². The molecule has 2 rings (SSSR count). The summed E-state index contributed by atoms with van der Waals surface area (Å²) in [7, 11) is 0. The molecule has 2 fully saturated rings. The first-order valence-corrected chi connectivity index (χ1v) is 25.8. The fraction of sp³-hybridized carbons (Fsp3) is 0.830. The second-order valence-electron chi connectivity index (χ2n) is 18.8. The number of aliphatic hydroxyl groups is 1. The Morgan fingerprint density at radius 3 is 1.30 bits per heavy atom. The topological polar surface area (TPSA) is 152 Å². The summed E-state index contributed by atoms with van der Waals surface area (Å²) in [6, 6.07) is 0. The average molecular weight is 903 g/mol. The van der Waals surface area contributed by atoms with Gasteiger partial charge in [0.25, 0.3) is 0 Å². The molecule has 0 heterocycles. The van der Waals surface area contributed by atoms with Gasteiger partial charge in [0.05, 0.1) is 31.2 Å². The molecule has 0 aromatic heterocycles. The third-order valence-corrected chi connectivity index (χ3v) is 13.2. The van der Waals surface area contributed by atoms with Gasteiger partial charge in [-0.05, 0) is 120 Å². The third-order valence-electron chi connectivity index (χ3n) is 13.2. The lowest BCUT2D eigenvalue weighted by molar-refractivity contribution is -0.168. The maximum atomic E-state index is 13.4. The molecule has 0 bridgehead atoms. The van der Waals surface area contributed by atoms with E-state index in [9.17, 15) is 29.1 Å². The SMILES string of the molecule is CCCCC/C=C\CCOC(=O)CCCCC(=O)OCC(CO)(COC(=O)CCCCC(=O)OCC/C=C\CCCCC)COC(=O)C1CCC(C2CCC(CCCCC)CC2)CC1. The largest absolute Gasteiger partial charge is 0.465 e. The molecule has 0 atom stereocenters. The van der Waals surface area contributed by atoms with Crippen LogP contribution >= 0.6 is 0 Å². The van der Waals surface area contributed by atoms with Crippen molar-refractivity contribution in [2.45, 2.75) is 213 Å². The minimum Gasteiger partial charge on any atom is -0.465 e. The van der Waals surface area contributed by atoms with Crippen LogP contribution in [0.4, 0.5) is 0 Å². The molecule has 368 valence electrons. The van der Waals surface area contributed by atoms with E-state index < -0.39 is 24.0 Å². The summed E-state index contributed by atoms with van der Waals surface area (Å²) >= 11 is 0. The second-order valence-corrected chi connectivity index (χ2v) is 18.8. The summed E-state index contributed by atoms with van der Waals surface area (Å²) in [5.41, 5.74) is -1.35. The van der Waals surface area contributed by atoms with Gasteiger partial charge in [0.1, 0.15) is 19.8 Å².